The quantitative estimate of drug-likeness (QED) is 0.428. The Bertz CT molecular complexity index is 1200. The maximum atomic E-state index is 14.4. The van der Waals surface area contributed by atoms with Crippen molar-refractivity contribution in [1.29, 1.82) is 0 Å². The molecule has 1 aliphatic rings. The monoisotopic (exact) mass is 451 g/mol. The number of benzene rings is 1. The molecule has 9 heteroatoms. The van der Waals surface area contributed by atoms with E-state index in [0.29, 0.717) is 34.2 Å². The van der Waals surface area contributed by atoms with E-state index in [0.717, 1.165) is 38.2 Å². The van der Waals surface area contributed by atoms with E-state index in [-0.39, 0.29) is 5.65 Å². The zero-order valence-corrected chi connectivity index (χ0v) is 18.9. The number of piperidine rings is 1. The number of carbonyl (C=O) groups excluding carboxylic acids is 1. The number of imidazole rings is 1. The number of aryl methyl sites for hydroxylation is 1. The molecule has 3 aromatic rings. The molecule has 3 heterocycles. The Labute approximate surface area is 192 Å². The fourth-order valence-electron chi connectivity index (χ4n) is 4.43. The Kier molecular flexibility index (Phi) is 6.50. The van der Waals surface area contributed by atoms with Crippen LogP contribution in [0.4, 0.5) is 21.5 Å². The van der Waals surface area contributed by atoms with Crippen LogP contribution in [0.15, 0.2) is 36.8 Å². The van der Waals surface area contributed by atoms with Gasteiger partial charge in [-0.25, -0.2) is 9.37 Å². The van der Waals surface area contributed by atoms with Crippen molar-refractivity contribution in [1.82, 2.24) is 14.7 Å². The lowest BCUT2D eigenvalue weighted by atomic mass is 9.99. The lowest BCUT2D eigenvalue weighted by Gasteiger charge is -2.35. The molecular formula is C24H30FN7O. The maximum Gasteiger partial charge on any atom is 0.257 e. The van der Waals surface area contributed by atoms with Crippen molar-refractivity contribution < 1.29 is 9.18 Å². The van der Waals surface area contributed by atoms with Crippen molar-refractivity contribution in [2.45, 2.75) is 32.7 Å². The van der Waals surface area contributed by atoms with Gasteiger partial charge in [0.05, 0.1) is 22.6 Å². The Morgan fingerprint density at radius 1 is 1.30 bits per heavy atom. The van der Waals surface area contributed by atoms with E-state index in [1.807, 2.05) is 6.07 Å². The van der Waals surface area contributed by atoms with Gasteiger partial charge < -0.3 is 31.4 Å². The molecule has 174 valence electrons. The highest BCUT2D eigenvalue weighted by molar-refractivity contribution is 6.09. The van der Waals surface area contributed by atoms with Crippen molar-refractivity contribution in [3.8, 4) is 0 Å². The minimum absolute atomic E-state index is 0.211. The van der Waals surface area contributed by atoms with Crippen molar-refractivity contribution in [2.24, 2.45) is 5.73 Å². The van der Waals surface area contributed by atoms with Gasteiger partial charge in [0.2, 0.25) is 0 Å². The molecule has 0 bridgehead atoms. The molecule has 2 aromatic heterocycles. The van der Waals surface area contributed by atoms with Gasteiger partial charge in [-0.15, -0.1) is 0 Å². The van der Waals surface area contributed by atoms with Crippen LogP contribution in [0.5, 0.6) is 0 Å². The van der Waals surface area contributed by atoms with E-state index in [1.54, 1.807) is 35.9 Å². The number of aromatic nitrogens is 2. The molecule has 0 unspecified atom stereocenters. The first-order chi connectivity index (χ1) is 15.9. The van der Waals surface area contributed by atoms with Crippen LogP contribution in [0.2, 0.25) is 0 Å². The Balaban J connectivity index is 1.59. The van der Waals surface area contributed by atoms with Crippen LogP contribution in [-0.4, -0.2) is 41.0 Å². The summed E-state index contributed by atoms with van der Waals surface area (Å²) in [4.78, 5) is 19.4. The highest BCUT2D eigenvalue weighted by Gasteiger charge is 2.23. The van der Waals surface area contributed by atoms with Gasteiger partial charge in [-0.1, -0.05) is 6.92 Å². The molecule has 1 amide bonds. The molecule has 0 radical (unpaired) electrons. The zero-order valence-electron chi connectivity index (χ0n) is 18.9. The van der Waals surface area contributed by atoms with Crippen molar-refractivity contribution in [3.05, 3.63) is 59.4 Å². The number of pyridine rings is 1. The van der Waals surface area contributed by atoms with Gasteiger partial charge in [-0.05, 0) is 50.7 Å². The fraction of sp³-hybridized carbons (Fsp3) is 0.333. The summed E-state index contributed by atoms with van der Waals surface area (Å²) in [5.41, 5.74) is 15.6. The van der Waals surface area contributed by atoms with Crippen LogP contribution in [0.25, 0.3) is 11.7 Å². The average molecular weight is 452 g/mol. The standard InChI is InChI=1S/C24H30FN7O/c1-3-28-16-7-10-31(11-8-16)21-5-4-19(22(27)18(21)6-9-26)24(33)30-17-12-20(25)23-29-15(2)13-32(23)14-17/h4-6,9,12-14,16,28H,3,7-8,10-11,26-27H2,1-2H3,(H,30,33)/b9-6-. The molecule has 8 nitrogen and oxygen atoms in total. The number of carbonyl (C=O) groups is 1. The minimum Gasteiger partial charge on any atom is -0.405 e. The third-order valence-corrected chi connectivity index (χ3v) is 5.98. The topological polar surface area (TPSA) is 114 Å². The first-order valence-electron chi connectivity index (χ1n) is 11.2. The van der Waals surface area contributed by atoms with Gasteiger partial charge in [0.1, 0.15) is 0 Å². The largest absolute Gasteiger partial charge is 0.405 e. The molecule has 0 saturated carbocycles. The summed E-state index contributed by atoms with van der Waals surface area (Å²) in [5, 5.41) is 6.25. The molecule has 1 aromatic carbocycles. The lowest BCUT2D eigenvalue weighted by molar-refractivity contribution is 0.102. The van der Waals surface area contributed by atoms with Crippen LogP contribution < -0.4 is 27.0 Å². The molecule has 33 heavy (non-hydrogen) atoms. The van der Waals surface area contributed by atoms with Crippen molar-refractivity contribution in [2.75, 3.05) is 35.6 Å². The number of hydrogen-bond acceptors (Lipinski definition) is 6. The van der Waals surface area contributed by atoms with Gasteiger partial charge in [0.15, 0.2) is 11.5 Å². The second kappa shape index (κ2) is 9.50. The summed E-state index contributed by atoms with van der Waals surface area (Å²) in [7, 11) is 0. The average Bonchev–Trinajstić information content (AvgIpc) is 3.17. The number of nitrogens with one attached hydrogen (secondary N) is 2. The summed E-state index contributed by atoms with van der Waals surface area (Å²) in [6.07, 6.45) is 8.52. The van der Waals surface area contributed by atoms with Crippen LogP contribution in [0.1, 0.15) is 41.4 Å². The number of amides is 1. The van der Waals surface area contributed by atoms with E-state index in [4.69, 9.17) is 11.5 Å². The summed E-state index contributed by atoms with van der Waals surface area (Å²) < 4.78 is 15.9. The third-order valence-electron chi connectivity index (χ3n) is 5.98. The molecule has 0 atom stereocenters. The van der Waals surface area contributed by atoms with E-state index in [9.17, 15) is 9.18 Å². The Morgan fingerprint density at radius 2 is 2.06 bits per heavy atom. The number of anilines is 3. The first kappa shape index (κ1) is 22.6. The normalized spacial score (nSPS) is 14.9. The van der Waals surface area contributed by atoms with Gasteiger partial charge in [0, 0.05) is 48.8 Å². The molecule has 4 rings (SSSR count). The van der Waals surface area contributed by atoms with Crippen molar-refractivity contribution >= 4 is 34.7 Å². The van der Waals surface area contributed by atoms with Crippen LogP contribution in [-0.2, 0) is 0 Å². The van der Waals surface area contributed by atoms with Crippen molar-refractivity contribution in [3.63, 3.8) is 0 Å². The number of nitrogen functional groups attached to an aromatic ring is 1. The van der Waals surface area contributed by atoms with E-state index in [1.165, 1.54) is 12.3 Å². The highest BCUT2D eigenvalue weighted by atomic mass is 19.1. The predicted octanol–water partition coefficient (Wildman–Crippen LogP) is 3.12. The second-order valence-electron chi connectivity index (χ2n) is 8.28. The van der Waals surface area contributed by atoms with Gasteiger partial charge in [-0.2, -0.15) is 0 Å². The highest BCUT2D eigenvalue weighted by Crippen LogP contribution is 2.32. The molecule has 0 spiro atoms. The van der Waals surface area contributed by atoms with Crippen LogP contribution >= 0.6 is 0 Å². The van der Waals surface area contributed by atoms with Gasteiger partial charge in [0.25, 0.3) is 5.91 Å². The molecule has 0 aliphatic carbocycles. The predicted molar refractivity (Wildman–Crippen MR) is 131 cm³/mol. The second-order valence-corrected chi connectivity index (χ2v) is 8.28. The number of fused-ring (bicyclic) bond motifs is 1. The summed E-state index contributed by atoms with van der Waals surface area (Å²) in [5.74, 6) is -0.941. The number of nitrogens with two attached hydrogens (primary N) is 2. The molecular weight excluding hydrogens is 421 g/mol. The van der Waals surface area contributed by atoms with Crippen LogP contribution in [0, 0.1) is 12.7 Å². The zero-order chi connectivity index (χ0) is 23.5. The minimum atomic E-state index is -0.517. The maximum absolute atomic E-state index is 14.4. The number of halogens is 1. The summed E-state index contributed by atoms with van der Waals surface area (Å²) in [6.45, 7) is 6.63. The number of hydrogen-bond donors (Lipinski definition) is 4. The first-order valence-corrected chi connectivity index (χ1v) is 11.2. The molecule has 1 aliphatic heterocycles. The Morgan fingerprint density at radius 3 is 2.76 bits per heavy atom. The van der Waals surface area contributed by atoms with E-state index in [2.05, 4.69) is 27.4 Å². The SMILES string of the molecule is CCNC1CCN(c2ccc(C(=O)Nc3cc(F)c4nc(C)cn4c3)c(N)c2/C=C\N)CC1. The third kappa shape index (κ3) is 4.63. The van der Waals surface area contributed by atoms with E-state index < -0.39 is 11.7 Å². The lowest BCUT2D eigenvalue weighted by Crippen LogP contribution is -2.42. The summed E-state index contributed by atoms with van der Waals surface area (Å²) >= 11 is 0. The number of nitrogens with zero attached hydrogens (tertiary/aromatic N) is 3. The molecule has 1 fully saturated rings. The van der Waals surface area contributed by atoms with Gasteiger partial charge >= 0.3 is 0 Å². The Hall–Kier alpha value is -3.59. The molecule has 1 saturated heterocycles. The summed E-state index contributed by atoms with van der Waals surface area (Å²) in [6, 6.07) is 5.37. The smallest absolute Gasteiger partial charge is 0.257 e. The van der Waals surface area contributed by atoms with E-state index >= 15 is 0 Å². The molecule has 6 N–H and O–H groups in total. The van der Waals surface area contributed by atoms with Crippen LogP contribution in [0.3, 0.4) is 0 Å². The number of rotatable bonds is 6. The fourth-order valence-corrected chi connectivity index (χ4v) is 4.43. The van der Waals surface area contributed by atoms with Gasteiger partial charge in [-0.3, -0.25) is 4.79 Å².